The fourth-order valence-electron chi connectivity index (χ4n) is 2.81. The highest BCUT2D eigenvalue weighted by Gasteiger charge is 2.25. The average molecular weight is 314 g/mol. The molecule has 2 aromatic rings. The molecule has 0 spiro atoms. The lowest BCUT2D eigenvalue weighted by Crippen LogP contribution is -2.39. The van der Waals surface area contributed by atoms with Gasteiger partial charge in [-0.05, 0) is 38.5 Å². The zero-order valence-corrected chi connectivity index (χ0v) is 13.6. The molecule has 0 aromatic carbocycles. The smallest absolute Gasteiger partial charge is 0.247 e. The number of hydrogen-bond acceptors (Lipinski definition) is 5. The summed E-state index contributed by atoms with van der Waals surface area (Å²) in [6.45, 7) is 6.94. The van der Waals surface area contributed by atoms with Crippen LogP contribution >= 0.6 is 0 Å². The molecule has 0 unspecified atom stereocenters. The lowest BCUT2D eigenvalue weighted by atomic mass is 10.2. The van der Waals surface area contributed by atoms with Crippen LogP contribution in [-0.4, -0.2) is 57.0 Å². The summed E-state index contributed by atoms with van der Waals surface area (Å²) in [5, 5.41) is 12.5. The Hall–Kier alpha value is -2.44. The highest BCUT2D eigenvalue weighted by molar-refractivity contribution is 5.80. The molecule has 1 aliphatic rings. The second kappa shape index (κ2) is 6.76. The van der Waals surface area contributed by atoms with Gasteiger partial charge in [0, 0.05) is 38.6 Å². The van der Waals surface area contributed by atoms with Crippen molar-refractivity contribution < 1.29 is 4.79 Å². The summed E-state index contributed by atoms with van der Waals surface area (Å²) in [4.78, 5) is 16.8. The molecule has 1 saturated heterocycles. The van der Waals surface area contributed by atoms with Gasteiger partial charge < -0.3 is 9.80 Å². The molecule has 2 aromatic heterocycles. The van der Waals surface area contributed by atoms with Crippen molar-refractivity contribution in [1.29, 1.82) is 0 Å². The van der Waals surface area contributed by atoms with E-state index < -0.39 is 0 Å². The normalized spacial score (nSPS) is 17.0. The van der Waals surface area contributed by atoms with Gasteiger partial charge >= 0.3 is 0 Å². The van der Waals surface area contributed by atoms with Crippen molar-refractivity contribution in [2.75, 3.05) is 31.1 Å². The van der Waals surface area contributed by atoms with Gasteiger partial charge in [0.1, 0.15) is 6.04 Å². The number of hydrogen-bond donors (Lipinski definition) is 0. The first-order valence-electron chi connectivity index (χ1n) is 7.98. The van der Waals surface area contributed by atoms with Crippen LogP contribution in [0, 0.1) is 6.92 Å². The van der Waals surface area contributed by atoms with E-state index >= 15 is 0 Å². The second-order valence-electron chi connectivity index (χ2n) is 5.86. The molecule has 1 fully saturated rings. The molecular formula is C16H22N6O. The van der Waals surface area contributed by atoms with Gasteiger partial charge in [-0.3, -0.25) is 9.48 Å². The van der Waals surface area contributed by atoms with Crippen molar-refractivity contribution in [2.24, 2.45) is 0 Å². The van der Waals surface area contributed by atoms with Crippen LogP contribution in [0.25, 0.3) is 0 Å². The van der Waals surface area contributed by atoms with Crippen molar-refractivity contribution in [3.8, 4) is 0 Å². The van der Waals surface area contributed by atoms with E-state index in [2.05, 4.69) is 20.2 Å². The van der Waals surface area contributed by atoms with E-state index in [1.165, 1.54) is 0 Å². The summed E-state index contributed by atoms with van der Waals surface area (Å²) in [6.07, 6.45) is 4.45. The third-order valence-electron chi connectivity index (χ3n) is 4.19. The van der Waals surface area contributed by atoms with Gasteiger partial charge in [-0.25, -0.2) is 0 Å². The molecule has 1 amide bonds. The Balaban J connectivity index is 1.64. The maximum atomic E-state index is 12.7. The van der Waals surface area contributed by atoms with Crippen LogP contribution in [0.1, 0.15) is 25.1 Å². The Bertz CT molecular complexity index is 639. The molecule has 0 bridgehead atoms. The van der Waals surface area contributed by atoms with Crippen LogP contribution in [0.2, 0.25) is 0 Å². The number of amides is 1. The third-order valence-corrected chi connectivity index (χ3v) is 4.19. The highest BCUT2D eigenvalue weighted by atomic mass is 16.2. The van der Waals surface area contributed by atoms with Gasteiger partial charge in [0.15, 0.2) is 5.82 Å². The van der Waals surface area contributed by atoms with Crippen molar-refractivity contribution in [3.05, 3.63) is 36.3 Å². The van der Waals surface area contributed by atoms with Gasteiger partial charge in [-0.1, -0.05) is 0 Å². The third kappa shape index (κ3) is 3.49. The number of aromatic nitrogens is 4. The van der Waals surface area contributed by atoms with Gasteiger partial charge in [-0.15, -0.1) is 5.10 Å². The number of nitrogens with zero attached hydrogens (tertiary/aromatic N) is 6. The average Bonchev–Trinajstić information content (AvgIpc) is 2.99. The highest BCUT2D eigenvalue weighted by Crippen LogP contribution is 2.15. The monoisotopic (exact) mass is 314 g/mol. The van der Waals surface area contributed by atoms with Crippen LogP contribution in [0.5, 0.6) is 0 Å². The fraction of sp³-hybridized carbons (Fsp3) is 0.500. The molecule has 7 nitrogen and oxygen atoms in total. The lowest BCUT2D eigenvalue weighted by Gasteiger charge is -2.25. The second-order valence-corrected chi connectivity index (χ2v) is 5.86. The lowest BCUT2D eigenvalue weighted by molar-refractivity contribution is -0.134. The Morgan fingerprint density at radius 3 is 2.74 bits per heavy atom. The van der Waals surface area contributed by atoms with Crippen molar-refractivity contribution >= 4 is 11.7 Å². The first-order chi connectivity index (χ1) is 11.1. The van der Waals surface area contributed by atoms with Crippen molar-refractivity contribution in [1.82, 2.24) is 24.9 Å². The molecule has 3 heterocycles. The van der Waals surface area contributed by atoms with Crippen LogP contribution in [0.15, 0.2) is 30.6 Å². The number of anilines is 1. The summed E-state index contributed by atoms with van der Waals surface area (Å²) in [7, 11) is 0. The number of aryl methyl sites for hydroxylation is 1. The Labute approximate surface area is 135 Å². The van der Waals surface area contributed by atoms with E-state index in [4.69, 9.17) is 0 Å². The largest absolute Gasteiger partial charge is 0.353 e. The molecule has 0 N–H and O–H groups in total. The SMILES string of the molecule is Cc1ccc(N2CCCN(C(=O)[C@@H](C)n3cccn3)CC2)nn1. The molecule has 0 aliphatic carbocycles. The van der Waals surface area contributed by atoms with E-state index in [1.54, 1.807) is 10.9 Å². The number of rotatable bonds is 3. The molecule has 0 radical (unpaired) electrons. The van der Waals surface area contributed by atoms with Crippen LogP contribution < -0.4 is 4.90 Å². The van der Waals surface area contributed by atoms with E-state index in [1.807, 2.05) is 43.1 Å². The molecule has 3 rings (SSSR count). The Morgan fingerprint density at radius 1 is 1.17 bits per heavy atom. The van der Waals surface area contributed by atoms with Gasteiger partial charge in [0.2, 0.25) is 5.91 Å². The van der Waals surface area contributed by atoms with Gasteiger partial charge in [0.25, 0.3) is 0 Å². The quantitative estimate of drug-likeness (QED) is 0.854. The van der Waals surface area contributed by atoms with E-state index in [0.29, 0.717) is 6.54 Å². The van der Waals surface area contributed by atoms with Crippen LogP contribution in [0.3, 0.4) is 0 Å². The van der Waals surface area contributed by atoms with Crippen molar-refractivity contribution in [3.63, 3.8) is 0 Å². The van der Waals surface area contributed by atoms with Crippen LogP contribution in [0.4, 0.5) is 5.82 Å². The van der Waals surface area contributed by atoms with Gasteiger partial charge in [-0.2, -0.15) is 10.2 Å². The minimum atomic E-state index is -0.268. The predicted molar refractivity (Wildman–Crippen MR) is 87.1 cm³/mol. The molecule has 1 atom stereocenters. The zero-order valence-electron chi connectivity index (χ0n) is 13.6. The van der Waals surface area contributed by atoms with E-state index in [-0.39, 0.29) is 11.9 Å². The molecule has 0 saturated carbocycles. The predicted octanol–water partition coefficient (Wildman–Crippen LogP) is 1.28. The molecule has 1 aliphatic heterocycles. The maximum Gasteiger partial charge on any atom is 0.247 e. The molecular weight excluding hydrogens is 292 g/mol. The topological polar surface area (TPSA) is 67.2 Å². The molecule has 122 valence electrons. The first-order valence-corrected chi connectivity index (χ1v) is 7.98. The van der Waals surface area contributed by atoms with E-state index in [9.17, 15) is 4.79 Å². The number of carbonyl (C=O) groups is 1. The number of carbonyl (C=O) groups excluding carboxylic acids is 1. The summed E-state index contributed by atoms with van der Waals surface area (Å²) >= 11 is 0. The summed E-state index contributed by atoms with van der Waals surface area (Å²) in [5.74, 6) is 0.996. The maximum absolute atomic E-state index is 12.7. The standard InChI is InChI=1S/C16H22N6O/c1-13-5-6-15(19-18-13)20-8-4-9-21(12-11-20)16(23)14(2)22-10-3-7-17-22/h3,5-7,10,14H,4,8-9,11-12H2,1-2H3/t14-/m1/s1. The van der Waals surface area contributed by atoms with E-state index in [0.717, 1.165) is 37.6 Å². The van der Waals surface area contributed by atoms with Crippen molar-refractivity contribution in [2.45, 2.75) is 26.3 Å². The Kier molecular flexibility index (Phi) is 4.55. The zero-order chi connectivity index (χ0) is 16.2. The minimum absolute atomic E-state index is 0.116. The first kappa shape index (κ1) is 15.5. The van der Waals surface area contributed by atoms with Gasteiger partial charge in [0.05, 0.1) is 5.69 Å². The van der Waals surface area contributed by atoms with Crippen LogP contribution in [-0.2, 0) is 4.79 Å². The Morgan fingerprint density at radius 2 is 2.04 bits per heavy atom. The minimum Gasteiger partial charge on any atom is -0.353 e. The summed E-state index contributed by atoms with van der Waals surface area (Å²) < 4.78 is 1.70. The molecule has 23 heavy (non-hydrogen) atoms. The molecule has 7 heteroatoms. The summed E-state index contributed by atoms with van der Waals surface area (Å²) in [5.41, 5.74) is 0.911. The fourth-order valence-corrected chi connectivity index (χ4v) is 2.81. The summed E-state index contributed by atoms with van der Waals surface area (Å²) in [6, 6.07) is 5.53.